The van der Waals surface area contributed by atoms with Crippen LogP contribution >= 0.6 is 0 Å². The second kappa shape index (κ2) is 5.59. The molecule has 2 aromatic carbocycles. The molecule has 6 heteroatoms. The predicted molar refractivity (Wildman–Crippen MR) is 75.2 cm³/mol. The SMILES string of the molecule is CN(C)c1cccc2c(S(=O)(=O)O)cccc12.[NaH]. The molecule has 0 aliphatic heterocycles. The third-order valence-electron chi connectivity index (χ3n) is 2.62. The number of anilines is 1. The van der Waals surface area contributed by atoms with Gasteiger partial charge in [0.1, 0.15) is 4.90 Å². The summed E-state index contributed by atoms with van der Waals surface area (Å²) in [5.74, 6) is 0. The fraction of sp³-hybridized carbons (Fsp3) is 0.167. The van der Waals surface area contributed by atoms with Gasteiger partial charge >= 0.3 is 29.6 Å². The number of fused-ring (bicyclic) bond motifs is 1. The summed E-state index contributed by atoms with van der Waals surface area (Å²) in [6.07, 6.45) is 0. The normalized spacial score (nSPS) is 11.1. The van der Waals surface area contributed by atoms with Crippen LogP contribution in [0.2, 0.25) is 0 Å². The quantitative estimate of drug-likeness (QED) is 0.666. The maximum atomic E-state index is 11.3. The molecule has 4 nitrogen and oxygen atoms in total. The van der Waals surface area contributed by atoms with Gasteiger partial charge in [0.05, 0.1) is 0 Å². The van der Waals surface area contributed by atoms with E-state index in [1.807, 2.05) is 31.1 Å². The van der Waals surface area contributed by atoms with Crippen LogP contribution in [0, 0.1) is 0 Å². The van der Waals surface area contributed by atoms with E-state index in [9.17, 15) is 13.0 Å². The Bertz CT molecular complexity index is 668. The van der Waals surface area contributed by atoms with E-state index < -0.39 is 10.1 Å². The van der Waals surface area contributed by atoms with Gasteiger partial charge in [0.2, 0.25) is 0 Å². The van der Waals surface area contributed by atoms with Gasteiger partial charge < -0.3 is 4.90 Å². The summed E-state index contributed by atoms with van der Waals surface area (Å²) in [6, 6.07) is 10.2. The van der Waals surface area contributed by atoms with E-state index in [4.69, 9.17) is 0 Å². The Balaban J connectivity index is 0.00000162. The van der Waals surface area contributed by atoms with E-state index in [1.54, 1.807) is 18.2 Å². The van der Waals surface area contributed by atoms with E-state index in [2.05, 4.69) is 0 Å². The molecule has 18 heavy (non-hydrogen) atoms. The van der Waals surface area contributed by atoms with Gasteiger partial charge in [-0.2, -0.15) is 8.42 Å². The molecule has 92 valence electrons. The molecular formula is C12H14NNaO3S. The van der Waals surface area contributed by atoms with E-state index in [-0.39, 0.29) is 34.5 Å². The molecule has 0 aromatic heterocycles. The van der Waals surface area contributed by atoms with Crippen LogP contribution in [0.25, 0.3) is 10.8 Å². The summed E-state index contributed by atoms with van der Waals surface area (Å²) >= 11 is 0. The van der Waals surface area contributed by atoms with E-state index in [0.717, 1.165) is 11.1 Å². The van der Waals surface area contributed by atoms with Crippen molar-refractivity contribution in [2.75, 3.05) is 19.0 Å². The molecule has 0 bridgehead atoms. The summed E-state index contributed by atoms with van der Waals surface area (Å²) in [5, 5.41) is 1.33. The van der Waals surface area contributed by atoms with E-state index >= 15 is 0 Å². The minimum absolute atomic E-state index is 0. The van der Waals surface area contributed by atoms with Crippen LogP contribution in [0.3, 0.4) is 0 Å². The molecule has 0 heterocycles. The molecule has 0 amide bonds. The molecule has 0 fully saturated rings. The third-order valence-corrected chi connectivity index (χ3v) is 3.53. The Morgan fingerprint density at radius 1 is 1.00 bits per heavy atom. The van der Waals surface area contributed by atoms with Crippen molar-refractivity contribution < 1.29 is 13.0 Å². The van der Waals surface area contributed by atoms with E-state index in [0.29, 0.717) is 5.39 Å². The number of hydrogen-bond donors (Lipinski definition) is 1. The second-order valence-electron chi connectivity index (χ2n) is 4.00. The summed E-state index contributed by atoms with van der Waals surface area (Å²) in [7, 11) is -0.423. The number of nitrogens with zero attached hydrogens (tertiary/aromatic N) is 1. The number of rotatable bonds is 2. The standard InChI is InChI=1S/C12H13NO3S.Na.H/c1-13(2)11-7-3-6-10-9(11)5-4-8-12(10)17(14,15)16;;/h3-8H,1-2H3,(H,14,15,16);;. The van der Waals surface area contributed by atoms with Gasteiger partial charge in [0.25, 0.3) is 10.1 Å². The maximum absolute atomic E-state index is 11.3. The van der Waals surface area contributed by atoms with Crippen LogP contribution in [0.1, 0.15) is 0 Å². The van der Waals surface area contributed by atoms with Gasteiger partial charge in [-0.25, -0.2) is 0 Å². The topological polar surface area (TPSA) is 57.6 Å². The van der Waals surface area contributed by atoms with Crippen molar-refractivity contribution in [1.82, 2.24) is 0 Å². The van der Waals surface area contributed by atoms with Gasteiger partial charge in [-0.05, 0) is 12.1 Å². The zero-order valence-corrected chi connectivity index (χ0v) is 10.4. The van der Waals surface area contributed by atoms with Crippen molar-refractivity contribution in [3.63, 3.8) is 0 Å². The second-order valence-corrected chi connectivity index (χ2v) is 5.39. The molecule has 2 aromatic rings. The Morgan fingerprint density at radius 3 is 2.11 bits per heavy atom. The molecule has 0 spiro atoms. The average Bonchev–Trinajstić information content (AvgIpc) is 2.26. The van der Waals surface area contributed by atoms with Gasteiger partial charge in [-0.1, -0.05) is 24.3 Å². The molecule has 2 rings (SSSR count). The Morgan fingerprint density at radius 2 is 1.56 bits per heavy atom. The molecule has 0 radical (unpaired) electrons. The van der Waals surface area contributed by atoms with Gasteiger partial charge in [0, 0.05) is 30.6 Å². The van der Waals surface area contributed by atoms with E-state index in [1.165, 1.54) is 6.07 Å². The van der Waals surface area contributed by atoms with Crippen molar-refractivity contribution in [3.8, 4) is 0 Å². The molecule has 0 atom stereocenters. The first kappa shape index (κ1) is 15.5. The average molecular weight is 275 g/mol. The summed E-state index contributed by atoms with van der Waals surface area (Å²) in [4.78, 5) is 1.84. The van der Waals surface area contributed by atoms with Crippen LogP contribution < -0.4 is 4.90 Å². The fourth-order valence-corrected chi connectivity index (χ4v) is 2.59. The summed E-state index contributed by atoms with van der Waals surface area (Å²) in [5.41, 5.74) is 0.910. The van der Waals surface area contributed by atoms with Crippen LogP contribution in [0.4, 0.5) is 5.69 Å². The van der Waals surface area contributed by atoms with Crippen molar-refractivity contribution >= 4 is 56.1 Å². The minimum atomic E-state index is -4.19. The number of benzene rings is 2. The zero-order valence-electron chi connectivity index (χ0n) is 9.58. The van der Waals surface area contributed by atoms with Crippen molar-refractivity contribution in [3.05, 3.63) is 36.4 Å². The van der Waals surface area contributed by atoms with Crippen LogP contribution in [0.5, 0.6) is 0 Å². The van der Waals surface area contributed by atoms with Crippen molar-refractivity contribution in [1.29, 1.82) is 0 Å². The van der Waals surface area contributed by atoms with Gasteiger partial charge in [0.15, 0.2) is 0 Å². The van der Waals surface area contributed by atoms with Crippen LogP contribution in [-0.4, -0.2) is 56.6 Å². The first-order chi connectivity index (χ1) is 7.91. The zero-order chi connectivity index (χ0) is 12.6. The van der Waals surface area contributed by atoms with Crippen molar-refractivity contribution in [2.45, 2.75) is 4.90 Å². The van der Waals surface area contributed by atoms with Crippen LogP contribution in [0.15, 0.2) is 41.3 Å². The number of hydrogen-bond acceptors (Lipinski definition) is 3. The van der Waals surface area contributed by atoms with Gasteiger partial charge in [-0.3, -0.25) is 4.55 Å². The Labute approximate surface area is 129 Å². The molecule has 0 aliphatic rings. The van der Waals surface area contributed by atoms with Crippen LogP contribution in [-0.2, 0) is 10.1 Å². The van der Waals surface area contributed by atoms with Gasteiger partial charge in [-0.15, -0.1) is 0 Å². The van der Waals surface area contributed by atoms with Crippen molar-refractivity contribution in [2.24, 2.45) is 0 Å². The Kier molecular flexibility index (Phi) is 4.80. The summed E-state index contributed by atoms with van der Waals surface area (Å²) < 4.78 is 31.7. The predicted octanol–water partition coefficient (Wildman–Crippen LogP) is 1.50. The molecule has 1 N–H and O–H groups in total. The molecular weight excluding hydrogens is 261 g/mol. The monoisotopic (exact) mass is 275 g/mol. The molecule has 0 saturated carbocycles. The molecule has 0 aliphatic carbocycles. The Hall–Kier alpha value is -0.590. The summed E-state index contributed by atoms with van der Waals surface area (Å²) in [6.45, 7) is 0. The molecule has 0 saturated heterocycles. The first-order valence-corrected chi connectivity index (χ1v) is 6.52. The molecule has 0 unspecified atom stereocenters. The first-order valence-electron chi connectivity index (χ1n) is 5.08. The third kappa shape index (κ3) is 2.87. The fourth-order valence-electron chi connectivity index (χ4n) is 1.88.